The van der Waals surface area contributed by atoms with Gasteiger partial charge in [-0.2, -0.15) is 0 Å². The Morgan fingerprint density at radius 1 is 1.13 bits per heavy atom. The third-order valence-corrected chi connectivity index (χ3v) is 9.08. The molecule has 1 heteroatoms. The summed E-state index contributed by atoms with van der Waals surface area (Å²) in [5.74, 6) is 4.09. The Balaban J connectivity index is 1.63. The van der Waals surface area contributed by atoms with E-state index in [4.69, 9.17) is 0 Å². The number of allylic oxidation sites excluding steroid dienone is 2. The normalized spacial score (nSPS) is 50.5. The molecule has 7 atom stereocenters. The summed E-state index contributed by atoms with van der Waals surface area (Å²) in [6.45, 7) is 7.87. The largest absolute Gasteiger partial charge is 0.396 e. The SMILES string of the molecule is CC(CO)[C@H]1CC[C@H]2[C@@H]3CCC4=CCCC[C@]4(C)[C@H]3CC[C@]12C. The molecule has 0 aromatic rings. The van der Waals surface area contributed by atoms with Crippen molar-refractivity contribution in [3.05, 3.63) is 11.6 Å². The molecule has 1 N–H and O–H groups in total. The maximum absolute atomic E-state index is 9.72. The van der Waals surface area contributed by atoms with Gasteiger partial charge in [-0.25, -0.2) is 0 Å². The van der Waals surface area contributed by atoms with Crippen LogP contribution in [0.2, 0.25) is 0 Å². The molecule has 0 radical (unpaired) electrons. The van der Waals surface area contributed by atoms with Gasteiger partial charge in [-0.15, -0.1) is 0 Å². The van der Waals surface area contributed by atoms with Crippen molar-refractivity contribution < 1.29 is 5.11 Å². The van der Waals surface area contributed by atoms with E-state index in [9.17, 15) is 5.11 Å². The molecule has 1 nitrogen and oxygen atoms in total. The monoisotopic (exact) mass is 316 g/mol. The van der Waals surface area contributed by atoms with Gasteiger partial charge < -0.3 is 5.11 Å². The first-order valence-corrected chi connectivity index (χ1v) is 10.3. The highest BCUT2D eigenvalue weighted by Crippen LogP contribution is 2.67. The second-order valence-electron chi connectivity index (χ2n) is 9.84. The third-order valence-electron chi connectivity index (χ3n) is 9.08. The fourth-order valence-electron chi connectivity index (χ4n) is 7.86. The molecule has 0 heterocycles. The summed E-state index contributed by atoms with van der Waals surface area (Å²) in [5.41, 5.74) is 2.87. The molecule has 0 aliphatic heterocycles. The fraction of sp³-hybridized carbons (Fsp3) is 0.909. The number of fused-ring (bicyclic) bond motifs is 5. The summed E-state index contributed by atoms with van der Waals surface area (Å²) in [6, 6.07) is 0. The zero-order valence-corrected chi connectivity index (χ0v) is 15.5. The van der Waals surface area contributed by atoms with Gasteiger partial charge in [0.25, 0.3) is 0 Å². The van der Waals surface area contributed by atoms with Crippen LogP contribution in [0, 0.1) is 40.4 Å². The van der Waals surface area contributed by atoms with Crippen LogP contribution in [0.3, 0.4) is 0 Å². The highest BCUT2D eigenvalue weighted by molar-refractivity contribution is 5.23. The van der Waals surface area contributed by atoms with E-state index in [1.807, 2.05) is 5.57 Å². The molecule has 0 spiro atoms. The van der Waals surface area contributed by atoms with E-state index >= 15 is 0 Å². The molecule has 3 saturated carbocycles. The van der Waals surface area contributed by atoms with Gasteiger partial charge in [0.15, 0.2) is 0 Å². The van der Waals surface area contributed by atoms with Crippen LogP contribution >= 0.6 is 0 Å². The molecule has 130 valence electrons. The van der Waals surface area contributed by atoms with Gasteiger partial charge in [-0.05, 0) is 98.2 Å². The Hall–Kier alpha value is -0.300. The molecule has 0 saturated heterocycles. The van der Waals surface area contributed by atoms with Crippen LogP contribution < -0.4 is 0 Å². The van der Waals surface area contributed by atoms with E-state index in [0.717, 1.165) is 23.7 Å². The summed E-state index contributed by atoms with van der Waals surface area (Å²) in [7, 11) is 0. The van der Waals surface area contributed by atoms with Gasteiger partial charge in [-0.1, -0.05) is 32.4 Å². The molecule has 3 fully saturated rings. The highest BCUT2D eigenvalue weighted by Gasteiger charge is 2.59. The van der Waals surface area contributed by atoms with Crippen LogP contribution in [0.4, 0.5) is 0 Å². The van der Waals surface area contributed by atoms with E-state index in [-0.39, 0.29) is 0 Å². The molecule has 0 bridgehead atoms. The Kier molecular flexibility index (Phi) is 3.95. The zero-order valence-electron chi connectivity index (χ0n) is 15.5. The molecule has 4 aliphatic rings. The minimum absolute atomic E-state index is 0.381. The summed E-state index contributed by atoms with van der Waals surface area (Å²) in [5, 5.41) is 9.72. The average Bonchev–Trinajstić information content (AvgIpc) is 2.91. The molecule has 1 unspecified atom stereocenters. The topological polar surface area (TPSA) is 20.2 Å². The molecule has 0 aromatic heterocycles. The fourth-order valence-corrected chi connectivity index (χ4v) is 7.86. The Labute approximate surface area is 142 Å². The van der Waals surface area contributed by atoms with Crippen LogP contribution in [0.1, 0.15) is 78.6 Å². The summed E-state index contributed by atoms with van der Waals surface area (Å²) in [4.78, 5) is 0. The van der Waals surface area contributed by atoms with E-state index in [2.05, 4.69) is 26.8 Å². The van der Waals surface area contributed by atoms with Crippen molar-refractivity contribution in [1.82, 2.24) is 0 Å². The quantitative estimate of drug-likeness (QED) is 0.659. The second kappa shape index (κ2) is 5.61. The maximum Gasteiger partial charge on any atom is 0.0459 e. The Bertz CT molecular complexity index is 494. The molecular weight excluding hydrogens is 280 g/mol. The first-order valence-electron chi connectivity index (χ1n) is 10.3. The van der Waals surface area contributed by atoms with Crippen molar-refractivity contribution in [2.75, 3.05) is 6.61 Å². The molecule has 4 rings (SSSR count). The van der Waals surface area contributed by atoms with Crippen LogP contribution in [0.5, 0.6) is 0 Å². The van der Waals surface area contributed by atoms with Crippen molar-refractivity contribution in [3.63, 3.8) is 0 Å². The Morgan fingerprint density at radius 3 is 2.74 bits per heavy atom. The molecular formula is C22H36O. The number of aliphatic hydroxyl groups is 1. The molecule has 0 aromatic carbocycles. The van der Waals surface area contributed by atoms with Crippen molar-refractivity contribution in [3.8, 4) is 0 Å². The molecule has 0 amide bonds. The lowest BCUT2D eigenvalue weighted by molar-refractivity contribution is -0.0619. The number of hydrogen-bond acceptors (Lipinski definition) is 1. The number of rotatable bonds is 2. The van der Waals surface area contributed by atoms with Gasteiger partial charge >= 0.3 is 0 Å². The van der Waals surface area contributed by atoms with Crippen molar-refractivity contribution in [1.29, 1.82) is 0 Å². The van der Waals surface area contributed by atoms with Gasteiger partial charge in [-0.3, -0.25) is 0 Å². The van der Waals surface area contributed by atoms with E-state index in [0.29, 0.717) is 23.4 Å². The minimum Gasteiger partial charge on any atom is -0.396 e. The zero-order chi connectivity index (χ0) is 16.2. The van der Waals surface area contributed by atoms with Crippen LogP contribution in [0.25, 0.3) is 0 Å². The predicted molar refractivity (Wildman–Crippen MR) is 96.1 cm³/mol. The number of aliphatic hydroxyl groups excluding tert-OH is 1. The first kappa shape index (κ1) is 16.2. The van der Waals surface area contributed by atoms with Crippen LogP contribution in [-0.4, -0.2) is 11.7 Å². The van der Waals surface area contributed by atoms with Gasteiger partial charge in [0, 0.05) is 6.61 Å². The van der Waals surface area contributed by atoms with Gasteiger partial charge in [0.05, 0.1) is 0 Å². The van der Waals surface area contributed by atoms with Crippen LogP contribution in [-0.2, 0) is 0 Å². The van der Waals surface area contributed by atoms with Crippen LogP contribution in [0.15, 0.2) is 11.6 Å². The predicted octanol–water partition coefficient (Wildman–Crippen LogP) is 5.58. The highest BCUT2D eigenvalue weighted by atomic mass is 16.3. The van der Waals surface area contributed by atoms with E-state index in [1.54, 1.807) is 0 Å². The summed E-state index contributed by atoms with van der Waals surface area (Å²) >= 11 is 0. The smallest absolute Gasteiger partial charge is 0.0459 e. The summed E-state index contributed by atoms with van der Waals surface area (Å²) < 4.78 is 0. The lowest BCUT2D eigenvalue weighted by Gasteiger charge is -2.58. The second-order valence-corrected chi connectivity index (χ2v) is 9.84. The van der Waals surface area contributed by atoms with Gasteiger partial charge in [0.1, 0.15) is 0 Å². The summed E-state index contributed by atoms with van der Waals surface area (Å²) in [6.07, 6.45) is 15.3. The van der Waals surface area contributed by atoms with Crippen molar-refractivity contribution >= 4 is 0 Å². The van der Waals surface area contributed by atoms with Gasteiger partial charge in [0.2, 0.25) is 0 Å². The van der Waals surface area contributed by atoms with E-state index < -0.39 is 0 Å². The standard InChI is InChI=1S/C22H36O/c1-15(14-23)18-9-10-19-17-8-7-16-6-4-5-12-21(16,2)20(17)11-13-22(18,19)3/h6,15,17-20,23H,4-5,7-14H2,1-3H3/t15?,17-,18+,19-,20-,21-,22+/m0/s1. The first-order chi connectivity index (χ1) is 11.0. The molecule has 4 aliphatic carbocycles. The lowest BCUT2D eigenvalue weighted by Crippen LogP contribution is -2.50. The van der Waals surface area contributed by atoms with Crippen molar-refractivity contribution in [2.24, 2.45) is 40.4 Å². The maximum atomic E-state index is 9.72. The Morgan fingerprint density at radius 2 is 1.96 bits per heavy atom. The minimum atomic E-state index is 0.381. The third kappa shape index (κ3) is 2.21. The van der Waals surface area contributed by atoms with E-state index in [1.165, 1.54) is 57.8 Å². The molecule has 23 heavy (non-hydrogen) atoms. The van der Waals surface area contributed by atoms with Crippen molar-refractivity contribution in [2.45, 2.75) is 78.6 Å². The lowest BCUT2D eigenvalue weighted by atomic mass is 9.46. The average molecular weight is 317 g/mol. The number of hydrogen-bond donors (Lipinski definition) is 1.